The Kier molecular flexibility index (Phi) is 6.38. The highest BCUT2D eigenvalue weighted by molar-refractivity contribution is 6.30. The fourth-order valence-corrected chi connectivity index (χ4v) is 1.60. The number of methoxy groups -OCH3 is 1. The standard InChI is InChI=1S/C12H17ClFNO/c1-16-8-3-2-7-15-9-10-5-4-6-11(13)12(10)14/h4-6,15H,2-3,7-9H2,1H3. The molecule has 1 N–H and O–H groups in total. The summed E-state index contributed by atoms with van der Waals surface area (Å²) in [7, 11) is 1.69. The summed E-state index contributed by atoms with van der Waals surface area (Å²) in [5.74, 6) is -0.325. The molecule has 0 atom stereocenters. The van der Waals surface area contributed by atoms with Crippen LogP contribution in [0.15, 0.2) is 18.2 Å². The highest BCUT2D eigenvalue weighted by Gasteiger charge is 2.04. The Bertz CT molecular complexity index is 320. The summed E-state index contributed by atoms with van der Waals surface area (Å²) in [5.41, 5.74) is 0.610. The van der Waals surface area contributed by atoms with E-state index in [0.29, 0.717) is 12.1 Å². The molecule has 0 bridgehead atoms. The van der Waals surface area contributed by atoms with Crippen LogP contribution in [-0.2, 0) is 11.3 Å². The fourth-order valence-electron chi connectivity index (χ4n) is 1.40. The molecule has 0 aromatic heterocycles. The van der Waals surface area contributed by atoms with E-state index in [-0.39, 0.29) is 10.8 Å². The average Bonchev–Trinajstić information content (AvgIpc) is 2.29. The van der Waals surface area contributed by atoms with E-state index in [0.717, 1.165) is 26.0 Å². The van der Waals surface area contributed by atoms with Gasteiger partial charge in [-0.2, -0.15) is 0 Å². The second-order valence-electron chi connectivity index (χ2n) is 3.59. The molecule has 0 aliphatic carbocycles. The van der Waals surface area contributed by atoms with Crippen LogP contribution in [0.2, 0.25) is 5.02 Å². The highest BCUT2D eigenvalue weighted by atomic mass is 35.5. The molecule has 0 heterocycles. The van der Waals surface area contributed by atoms with Crippen molar-refractivity contribution in [3.63, 3.8) is 0 Å². The molecule has 1 aromatic carbocycles. The van der Waals surface area contributed by atoms with Gasteiger partial charge in [0.05, 0.1) is 5.02 Å². The van der Waals surface area contributed by atoms with E-state index in [2.05, 4.69) is 5.32 Å². The molecule has 0 fully saturated rings. The van der Waals surface area contributed by atoms with Gasteiger partial charge < -0.3 is 10.1 Å². The molecule has 1 aromatic rings. The summed E-state index contributed by atoms with van der Waals surface area (Å²) in [5, 5.41) is 3.35. The number of benzene rings is 1. The van der Waals surface area contributed by atoms with Crippen molar-refractivity contribution in [2.75, 3.05) is 20.3 Å². The first kappa shape index (κ1) is 13.4. The maximum Gasteiger partial charge on any atom is 0.146 e. The molecule has 1 rings (SSSR count). The quantitative estimate of drug-likeness (QED) is 0.746. The Labute approximate surface area is 101 Å². The maximum atomic E-state index is 13.4. The largest absolute Gasteiger partial charge is 0.385 e. The van der Waals surface area contributed by atoms with Crippen LogP contribution in [0.3, 0.4) is 0 Å². The van der Waals surface area contributed by atoms with E-state index in [1.807, 2.05) is 0 Å². The third-order valence-electron chi connectivity index (χ3n) is 2.30. The molecular formula is C12H17ClFNO. The van der Waals surface area contributed by atoms with Crippen molar-refractivity contribution in [1.29, 1.82) is 0 Å². The first-order valence-corrected chi connectivity index (χ1v) is 5.76. The number of halogens is 2. The molecule has 90 valence electrons. The summed E-state index contributed by atoms with van der Waals surface area (Å²) in [4.78, 5) is 0. The molecule has 2 nitrogen and oxygen atoms in total. The number of rotatable bonds is 7. The van der Waals surface area contributed by atoms with Crippen LogP contribution >= 0.6 is 11.6 Å². The molecule has 0 radical (unpaired) electrons. The lowest BCUT2D eigenvalue weighted by Crippen LogP contribution is -2.16. The summed E-state index contributed by atoms with van der Waals surface area (Å²) in [6.07, 6.45) is 2.04. The van der Waals surface area contributed by atoms with Gasteiger partial charge in [0, 0.05) is 25.8 Å². The van der Waals surface area contributed by atoms with Crippen LogP contribution in [0.25, 0.3) is 0 Å². The van der Waals surface area contributed by atoms with Gasteiger partial charge in [0.25, 0.3) is 0 Å². The third kappa shape index (κ3) is 4.47. The predicted octanol–water partition coefficient (Wildman–Crippen LogP) is 3.00. The minimum absolute atomic E-state index is 0.179. The molecular weight excluding hydrogens is 229 g/mol. The van der Waals surface area contributed by atoms with Crippen LogP contribution in [0, 0.1) is 5.82 Å². The molecule has 0 amide bonds. The number of ether oxygens (including phenoxy) is 1. The number of nitrogens with one attached hydrogen (secondary N) is 1. The number of unbranched alkanes of at least 4 members (excludes halogenated alkanes) is 1. The Morgan fingerprint density at radius 2 is 2.19 bits per heavy atom. The predicted molar refractivity (Wildman–Crippen MR) is 64.2 cm³/mol. The molecule has 0 saturated heterocycles. The zero-order valence-electron chi connectivity index (χ0n) is 9.43. The van der Waals surface area contributed by atoms with Crippen molar-refractivity contribution in [2.24, 2.45) is 0 Å². The van der Waals surface area contributed by atoms with Gasteiger partial charge in [0.1, 0.15) is 5.82 Å². The van der Waals surface area contributed by atoms with E-state index in [4.69, 9.17) is 16.3 Å². The lowest BCUT2D eigenvalue weighted by molar-refractivity contribution is 0.192. The minimum atomic E-state index is -0.325. The van der Waals surface area contributed by atoms with Gasteiger partial charge in [-0.1, -0.05) is 23.7 Å². The minimum Gasteiger partial charge on any atom is -0.385 e. The van der Waals surface area contributed by atoms with Crippen molar-refractivity contribution in [2.45, 2.75) is 19.4 Å². The molecule has 0 unspecified atom stereocenters. The van der Waals surface area contributed by atoms with Gasteiger partial charge in [-0.15, -0.1) is 0 Å². The topological polar surface area (TPSA) is 21.3 Å². The fraction of sp³-hybridized carbons (Fsp3) is 0.500. The van der Waals surface area contributed by atoms with Crippen LogP contribution in [0.4, 0.5) is 4.39 Å². The van der Waals surface area contributed by atoms with Crippen LogP contribution < -0.4 is 5.32 Å². The summed E-state index contributed by atoms with van der Waals surface area (Å²) >= 11 is 5.68. The molecule has 0 saturated carbocycles. The van der Waals surface area contributed by atoms with E-state index in [1.54, 1.807) is 25.3 Å². The van der Waals surface area contributed by atoms with Gasteiger partial charge in [-0.05, 0) is 25.5 Å². The summed E-state index contributed by atoms with van der Waals surface area (Å²) < 4.78 is 18.4. The molecule has 0 aliphatic heterocycles. The van der Waals surface area contributed by atoms with Crippen molar-refractivity contribution in [3.05, 3.63) is 34.6 Å². The van der Waals surface area contributed by atoms with Gasteiger partial charge >= 0.3 is 0 Å². The number of hydrogen-bond donors (Lipinski definition) is 1. The van der Waals surface area contributed by atoms with Gasteiger partial charge in [-0.3, -0.25) is 0 Å². The maximum absolute atomic E-state index is 13.4. The highest BCUT2D eigenvalue weighted by Crippen LogP contribution is 2.17. The number of hydrogen-bond acceptors (Lipinski definition) is 2. The zero-order chi connectivity index (χ0) is 11.8. The first-order chi connectivity index (χ1) is 7.75. The second kappa shape index (κ2) is 7.60. The van der Waals surface area contributed by atoms with Crippen molar-refractivity contribution < 1.29 is 9.13 Å². The molecule has 0 spiro atoms. The monoisotopic (exact) mass is 245 g/mol. The van der Waals surface area contributed by atoms with Crippen molar-refractivity contribution in [1.82, 2.24) is 5.32 Å². The Morgan fingerprint density at radius 3 is 2.94 bits per heavy atom. The molecule has 16 heavy (non-hydrogen) atoms. The summed E-state index contributed by atoms with van der Waals surface area (Å²) in [6, 6.07) is 5.05. The average molecular weight is 246 g/mol. The van der Waals surface area contributed by atoms with Crippen molar-refractivity contribution >= 4 is 11.6 Å². The zero-order valence-corrected chi connectivity index (χ0v) is 10.2. The SMILES string of the molecule is COCCCCNCc1cccc(Cl)c1F. The van der Waals surface area contributed by atoms with Gasteiger partial charge in [0.15, 0.2) is 0 Å². The third-order valence-corrected chi connectivity index (χ3v) is 2.59. The Balaban J connectivity index is 2.24. The van der Waals surface area contributed by atoms with E-state index >= 15 is 0 Å². The smallest absolute Gasteiger partial charge is 0.146 e. The van der Waals surface area contributed by atoms with Crippen LogP contribution in [-0.4, -0.2) is 20.3 Å². The van der Waals surface area contributed by atoms with E-state index < -0.39 is 0 Å². The van der Waals surface area contributed by atoms with Crippen molar-refractivity contribution in [3.8, 4) is 0 Å². The summed E-state index contributed by atoms with van der Waals surface area (Å²) in [6.45, 7) is 2.14. The second-order valence-corrected chi connectivity index (χ2v) is 4.00. The lowest BCUT2D eigenvalue weighted by atomic mass is 10.2. The van der Waals surface area contributed by atoms with E-state index in [1.165, 1.54) is 0 Å². The van der Waals surface area contributed by atoms with Crippen LogP contribution in [0.1, 0.15) is 18.4 Å². The Hall–Kier alpha value is -0.640. The van der Waals surface area contributed by atoms with E-state index in [9.17, 15) is 4.39 Å². The Morgan fingerprint density at radius 1 is 1.38 bits per heavy atom. The normalized spacial score (nSPS) is 10.7. The lowest BCUT2D eigenvalue weighted by Gasteiger charge is -2.06. The molecule has 0 aliphatic rings. The van der Waals surface area contributed by atoms with Gasteiger partial charge in [0.2, 0.25) is 0 Å². The van der Waals surface area contributed by atoms with Crippen LogP contribution in [0.5, 0.6) is 0 Å². The first-order valence-electron chi connectivity index (χ1n) is 5.38. The van der Waals surface area contributed by atoms with Gasteiger partial charge in [-0.25, -0.2) is 4.39 Å². The molecule has 4 heteroatoms.